The topological polar surface area (TPSA) is 66.0 Å². The molecule has 27 heavy (non-hydrogen) atoms. The van der Waals surface area contributed by atoms with Gasteiger partial charge in [-0.15, -0.1) is 0 Å². The number of guanidine groups is 1. The minimum atomic E-state index is 0.301. The molecule has 6 nitrogen and oxygen atoms in total. The SMILES string of the molecule is CCNC(=NCc1ccccc1OCC)NCCC(CC)N1CCCC1=O. The molecule has 1 fully saturated rings. The molecule has 6 heteroatoms. The first-order valence-corrected chi connectivity index (χ1v) is 10.2. The summed E-state index contributed by atoms with van der Waals surface area (Å²) in [6.45, 7) is 9.91. The molecular weight excluding hydrogens is 340 g/mol. The highest BCUT2D eigenvalue weighted by molar-refractivity contribution is 5.80. The number of carbonyl (C=O) groups is 1. The molecular formula is C21H34N4O2. The van der Waals surface area contributed by atoms with Crippen LogP contribution < -0.4 is 15.4 Å². The molecule has 1 unspecified atom stereocenters. The predicted molar refractivity (Wildman–Crippen MR) is 110 cm³/mol. The Morgan fingerprint density at radius 2 is 2.07 bits per heavy atom. The van der Waals surface area contributed by atoms with Crippen LogP contribution in [-0.4, -0.2) is 49.0 Å². The number of ether oxygens (including phenoxy) is 1. The maximum atomic E-state index is 12.0. The molecule has 150 valence electrons. The van der Waals surface area contributed by atoms with Crippen molar-refractivity contribution >= 4 is 11.9 Å². The van der Waals surface area contributed by atoms with E-state index < -0.39 is 0 Å². The van der Waals surface area contributed by atoms with Crippen molar-refractivity contribution in [2.45, 2.75) is 59.0 Å². The molecule has 1 aromatic rings. The first-order chi connectivity index (χ1) is 13.2. The summed E-state index contributed by atoms with van der Waals surface area (Å²) in [5.41, 5.74) is 1.07. The van der Waals surface area contributed by atoms with Crippen molar-refractivity contribution < 1.29 is 9.53 Å². The van der Waals surface area contributed by atoms with Crippen molar-refractivity contribution in [3.63, 3.8) is 0 Å². The second-order valence-electron chi connectivity index (χ2n) is 6.70. The quantitative estimate of drug-likeness (QED) is 0.488. The fourth-order valence-electron chi connectivity index (χ4n) is 3.43. The normalized spacial score (nSPS) is 15.7. The Hall–Kier alpha value is -2.24. The maximum Gasteiger partial charge on any atom is 0.222 e. The fraction of sp³-hybridized carbons (Fsp3) is 0.619. The molecule has 1 heterocycles. The van der Waals surface area contributed by atoms with Gasteiger partial charge in [0.15, 0.2) is 5.96 Å². The van der Waals surface area contributed by atoms with Crippen molar-refractivity contribution in [3.8, 4) is 5.75 Å². The molecule has 1 amide bonds. The lowest BCUT2D eigenvalue weighted by Gasteiger charge is -2.27. The largest absolute Gasteiger partial charge is 0.494 e. The summed E-state index contributed by atoms with van der Waals surface area (Å²) >= 11 is 0. The average Bonchev–Trinajstić information content (AvgIpc) is 3.10. The van der Waals surface area contributed by atoms with E-state index in [9.17, 15) is 4.79 Å². The Bertz CT molecular complexity index is 618. The van der Waals surface area contributed by atoms with E-state index in [2.05, 4.69) is 24.5 Å². The van der Waals surface area contributed by atoms with Crippen LogP contribution in [0, 0.1) is 0 Å². The molecule has 1 atom stereocenters. The second kappa shape index (κ2) is 11.5. The predicted octanol–water partition coefficient (Wildman–Crippen LogP) is 2.93. The van der Waals surface area contributed by atoms with E-state index in [0.717, 1.165) is 56.2 Å². The summed E-state index contributed by atoms with van der Waals surface area (Å²) in [5.74, 6) is 1.99. The molecule has 2 rings (SSSR count). The number of amides is 1. The van der Waals surface area contributed by atoms with Crippen LogP contribution in [0.3, 0.4) is 0 Å². The number of nitrogens with one attached hydrogen (secondary N) is 2. The zero-order valence-electron chi connectivity index (χ0n) is 17.0. The number of hydrogen-bond donors (Lipinski definition) is 2. The van der Waals surface area contributed by atoms with Crippen molar-refractivity contribution in [2.75, 3.05) is 26.2 Å². The van der Waals surface area contributed by atoms with Crippen LogP contribution >= 0.6 is 0 Å². The smallest absolute Gasteiger partial charge is 0.222 e. The molecule has 0 bridgehead atoms. The van der Waals surface area contributed by atoms with Crippen molar-refractivity contribution in [2.24, 2.45) is 4.99 Å². The standard InChI is InChI=1S/C21H34N4O2/c1-4-18(25-15-9-12-20(25)26)13-14-23-21(22-5-2)24-16-17-10-7-8-11-19(17)27-6-3/h7-8,10-11,18H,4-6,9,12-16H2,1-3H3,(H2,22,23,24). The monoisotopic (exact) mass is 374 g/mol. The number of nitrogens with zero attached hydrogens (tertiary/aromatic N) is 2. The van der Waals surface area contributed by atoms with Gasteiger partial charge in [-0.05, 0) is 39.2 Å². The molecule has 0 spiro atoms. The van der Waals surface area contributed by atoms with Gasteiger partial charge in [-0.25, -0.2) is 4.99 Å². The van der Waals surface area contributed by atoms with Gasteiger partial charge in [0.2, 0.25) is 5.91 Å². The van der Waals surface area contributed by atoms with Gasteiger partial charge in [-0.3, -0.25) is 4.79 Å². The van der Waals surface area contributed by atoms with Crippen molar-refractivity contribution in [1.29, 1.82) is 0 Å². The molecule has 1 aromatic carbocycles. The van der Waals surface area contributed by atoms with Gasteiger partial charge in [0.1, 0.15) is 5.75 Å². The highest BCUT2D eigenvalue weighted by atomic mass is 16.5. The van der Waals surface area contributed by atoms with E-state index >= 15 is 0 Å². The molecule has 0 aliphatic carbocycles. The van der Waals surface area contributed by atoms with Crippen LogP contribution in [-0.2, 0) is 11.3 Å². The third kappa shape index (κ3) is 6.45. The number of likely N-dealkylation sites (tertiary alicyclic amines) is 1. The second-order valence-corrected chi connectivity index (χ2v) is 6.70. The Morgan fingerprint density at radius 3 is 2.74 bits per heavy atom. The number of rotatable bonds is 10. The first kappa shape index (κ1) is 21.1. The van der Waals surface area contributed by atoms with Gasteiger partial charge in [-0.2, -0.15) is 0 Å². The lowest BCUT2D eigenvalue weighted by atomic mass is 10.1. The first-order valence-electron chi connectivity index (χ1n) is 10.2. The number of benzene rings is 1. The molecule has 1 aliphatic heterocycles. The van der Waals surface area contributed by atoms with Crippen LogP contribution in [0.4, 0.5) is 0 Å². The van der Waals surface area contributed by atoms with Crippen LogP contribution in [0.25, 0.3) is 0 Å². The molecule has 1 saturated heterocycles. The highest BCUT2D eigenvalue weighted by Gasteiger charge is 2.26. The van der Waals surface area contributed by atoms with Crippen LogP contribution in [0.1, 0.15) is 52.0 Å². The number of aliphatic imine (C=N–C) groups is 1. The maximum absolute atomic E-state index is 12.0. The summed E-state index contributed by atoms with van der Waals surface area (Å²) < 4.78 is 5.68. The van der Waals surface area contributed by atoms with E-state index in [-0.39, 0.29) is 0 Å². The van der Waals surface area contributed by atoms with E-state index in [1.54, 1.807) is 0 Å². The Kier molecular flexibility index (Phi) is 8.95. The lowest BCUT2D eigenvalue weighted by molar-refractivity contribution is -0.129. The molecule has 0 aromatic heterocycles. The summed E-state index contributed by atoms with van der Waals surface area (Å²) in [4.78, 5) is 18.7. The van der Waals surface area contributed by atoms with Gasteiger partial charge >= 0.3 is 0 Å². The zero-order chi connectivity index (χ0) is 19.5. The summed E-state index contributed by atoms with van der Waals surface area (Å²) in [6.07, 6.45) is 3.62. The third-order valence-electron chi connectivity index (χ3n) is 4.82. The van der Waals surface area contributed by atoms with Gasteiger partial charge in [-0.1, -0.05) is 25.1 Å². The van der Waals surface area contributed by atoms with Gasteiger partial charge in [0.05, 0.1) is 13.2 Å². The molecule has 0 radical (unpaired) electrons. The summed E-state index contributed by atoms with van der Waals surface area (Å²) in [5, 5.41) is 6.70. The number of para-hydroxylation sites is 1. The van der Waals surface area contributed by atoms with Crippen molar-refractivity contribution in [3.05, 3.63) is 29.8 Å². The Labute approximate surface area is 163 Å². The minimum absolute atomic E-state index is 0.301. The molecule has 0 saturated carbocycles. The molecule has 2 N–H and O–H groups in total. The third-order valence-corrected chi connectivity index (χ3v) is 4.82. The van der Waals surface area contributed by atoms with Crippen LogP contribution in [0.2, 0.25) is 0 Å². The van der Waals surface area contributed by atoms with E-state index in [4.69, 9.17) is 9.73 Å². The number of carbonyl (C=O) groups excluding carboxylic acids is 1. The Morgan fingerprint density at radius 1 is 1.26 bits per heavy atom. The van der Waals surface area contributed by atoms with E-state index in [0.29, 0.717) is 31.5 Å². The minimum Gasteiger partial charge on any atom is -0.494 e. The van der Waals surface area contributed by atoms with Crippen molar-refractivity contribution in [1.82, 2.24) is 15.5 Å². The van der Waals surface area contributed by atoms with E-state index in [1.807, 2.05) is 36.1 Å². The lowest BCUT2D eigenvalue weighted by Crippen LogP contribution is -2.42. The van der Waals surface area contributed by atoms with Crippen LogP contribution in [0.15, 0.2) is 29.3 Å². The van der Waals surface area contributed by atoms with E-state index in [1.165, 1.54) is 0 Å². The van der Waals surface area contributed by atoms with Gasteiger partial charge in [0.25, 0.3) is 0 Å². The number of hydrogen-bond acceptors (Lipinski definition) is 3. The summed E-state index contributed by atoms with van der Waals surface area (Å²) in [6, 6.07) is 8.32. The average molecular weight is 375 g/mol. The Balaban J connectivity index is 1.90. The van der Waals surface area contributed by atoms with Crippen LogP contribution in [0.5, 0.6) is 5.75 Å². The van der Waals surface area contributed by atoms with Gasteiger partial charge in [0, 0.05) is 37.7 Å². The highest BCUT2D eigenvalue weighted by Crippen LogP contribution is 2.19. The molecule has 1 aliphatic rings. The summed E-state index contributed by atoms with van der Waals surface area (Å²) in [7, 11) is 0. The zero-order valence-corrected chi connectivity index (χ0v) is 17.0. The fourth-order valence-corrected chi connectivity index (χ4v) is 3.43. The van der Waals surface area contributed by atoms with Gasteiger partial charge < -0.3 is 20.3 Å².